The monoisotopic (exact) mass is 817 g/mol. The summed E-state index contributed by atoms with van der Waals surface area (Å²) in [6, 6.07) is 83.2. The maximum absolute atomic E-state index is 5.46. The van der Waals surface area contributed by atoms with Crippen molar-refractivity contribution in [1.82, 2.24) is 0 Å². The highest BCUT2D eigenvalue weighted by molar-refractivity contribution is 6.14. The summed E-state index contributed by atoms with van der Waals surface area (Å²) in [4.78, 5) is 5.46. The zero-order valence-corrected chi connectivity index (χ0v) is 36.2. The molecule has 0 N–H and O–H groups in total. The molecule has 12 rings (SSSR count). The molecular formula is C63H47N. The van der Waals surface area contributed by atoms with Gasteiger partial charge in [0, 0.05) is 5.41 Å². The molecule has 0 bridgehead atoms. The summed E-state index contributed by atoms with van der Waals surface area (Å²) in [7, 11) is 0. The lowest BCUT2D eigenvalue weighted by atomic mass is 9.55. The minimum absolute atomic E-state index is 0.0121. The molecule has 0 saturated heterocycles. The Morgan fingerprint density at radius 2 is 0.906 bits per heavy atom. The zero-order valence-electron chi connectivity index (χ0n) is 36.2. The number of allylic oxidation sites excluding steroid dienone is 1. The third-order valence-electron chi connectivity index (χ3n) is 14.3. The standard InChI is InChI=1S/C63H47N/c1-62(2)54-29-15-17-31-56(54)63(57-32-18-16-30-55(57)62)53-37-35-47(49-36-34-46(42-20-7-3-8-21-42)38-51(49)43-22-9-4-10-23-43)39-52(53)61-50(28-19-33-58(61)63)48-40-59(44-24-11-5-12-25-44)64-60(41-48)45-26-13-6-14-27-45/h3-40,60H,41H2,1-2H3. The van der Waals surface area contributed by atoms with Gasteiger partial charge in [-0.2, -0.15) is 0 Å². The summed E-state index contributed by atoms with van der Waals surface area (Å²) >= 11 is 0. The molecule has 0 fully saturated rings. The molecule has 0 radical (unpaired) electrons. The van der Waals surface area contributed by atoms with Gasteiger partial charge in [0.25, 0.3) is 0 Å². The van der Waals surface area contributed by atoms with Gasteiger partial charge in [-0.25, -0.2) is 0 Å². The van der Waals surface area contributed by atoms with Crippen molar-refractivity contribution in [2.75, 3.05) is 0 Å². The van der Waals surface area contributed by atoms with E-state index in [0.29, 0.717) is 0 Å². The van der Waals surface area contributed by atoms with Crippen molar-refractivity contribution in [2.24, 2.45) is 4.99 Å². The first kappa shape index (κ1) is 38.1. The number of hydrogen-bond donors (Lipinski definition) is 0. The highest BCUT2D eigenvalue weighted by atomic mass is 14.8. The Bertz CT molecular complexity index is 3250. The Hall–Kier alpha value is -7.61. The van der Waals surface area contributed by atoms with Crippen LogP contribution in [0.5, 0.6) is 0 Å². The number of aliphatic imine (C=N–C) groups is 1. The van der Waals surface area contributed by atoms with E-state index in [4.69, 9.17) is 4.99 Å². The molecule has 1 spiro atoms. The largest absolute Gasteiger partial charge is 0.276 e. The van der Waals surface area contributed by atoms with Crippen LogP contribution in [0.2, 0.25) is 0 Å². The van der Waals surface area contributed by atoms with Gasteiger partial charge in [-0.15, -0.1) is 0 Å². The molecule has 1 nitrogen and oxygen atoms in total. The van der Waals surface area contributed by atoms with Crippen molar-refractivity contribution >= 4 is 11.3 Å². The van der Waals surface area contributed by atoms with Crippen LogP contribution in [-0.2, 0) is 10.8 Å². The third kappa shape index (κ3) is 5.88. The average molecular weight is 818 g/mol. The van der Waals surface area contributed by atoms with Crippen LogP contribution in [0, 0.1) is 0 Å². The second kappa shape index (κ2) is 15.0. The Kier molecular flexibility index (Phi) is 8.95. The molecule has 1 heteroatoms. The van der Waals surface area contributed by atoms with Crippen molar-refractivity contribution in [3.8, 4) is 44.5 Å². The molecule has 9 aromatic rings. The van der Waals surface area contributed by atoms with Gasteiger partial charge in [-0.05, 0) is 125 Å². The predicted molar refractivity (Wildman–Crippen MR) is 267 cm³/mol. The summed E-state index contributed by atoms with van der Waals surface area (Å²) < 4.78 is 0. The number of fused-ring (bicyclic) bond motifs is 9. The van der Waals surface area contributed by atoms with Gasteiger partial charge in [0.2, 0.25) is 0 Å². The van der Waals surface area contributed by atoms with Crippen molar-refractivity contribution < 1.29 is 0 Å². The predicted octanol–water partition coefficient (Wildman–Crippen LogP) is 15.7. The molecule has 9 aromatic carbocycles. The second-order valence-electron chi connectivity index (χ2n) is 18.1. The van der Waals surface area contributed by atoms with Crippen LogP contribution in [0.15, 0.2) is 236 Å². The van der Waals surface area contributed by atoms with E-state index in [1.807, 2.05) is 0 Å². The highest BCUT2D eigenvalue weighted by Crippen LogP contribution is 2.63. The van der Waals surface area contributed by atoms with E-state index >= 15 is 0 Å². The smallest absolute Gasteiger partial charge is 0.0796 e. The maximum Gasteiger partial charge on any atom is 0.0796 e. The summed E-state index contributed by atoms with van der Waals surface area (Å²) in [5.74, 6) is 0. The summed E-state index contributed by atoms with van der Waals surface area (Å²) in [5.41, 5.74) is 23.3. The number of nitrogens with zero attached hydrogens (tertiary/aromatic N) is 1. The SMILES string of the molecule is CC1(C)c2ccccc2C2(c3ccc(-c4ccc(-c5ccccc5)cc4-c4ccccc4)cc3-c3c(C4=CC(c5ccccc5)=NC(c5ccccc5)C4)cccc32)c2ccccc21. The summed E-state index contributed by atoms with van der Waals surface area (Å²) in [5, 5.41) is 0. The number of rotatable bonds is 6. The fraction of sp³-hybridized carbons (Fsp3) is 0.0952. The normalized spacial score (nSPS) is 16.2. The molecule has 64 heavy (non-hydrogen) atoms. The van der Waals surface area contributed by atoms with Gasteiger partial charge in [-0.1, -0.05) is 226 Å². The van der Waals surface area contributed by atoms with Gasteiger partial charge in [0.15, 0.2) is 0 Å². The van der Waals surface area contributed by atoms with E-state index in [0.717, 1.165) is 17.7 Å². The summed E-state index contributed by atoms with van der Waals surface area (Å²) in [6.45, 7) is 4.80. The Morgan fingerprint density at radius 3 is 1.56 bits per heavy atom. The quantitative estimate of drug-likeness (QED) is 0.158. The van der Waals surface area contributed by atoms with Crippen LogP contribution in [0.4, 0.5) is 0 Å². The second-order valence-corrected chi connectivity index (χ2v) is 18.1. The topological polar surface area (TPSA) is 12.4 Å². The van der Waals surface area contributed by atoms with Crippen LogP contribution >= 0.6 is 0 Å². The van der Waals surface area contributed by atoms with E-state index in [1.54, 1.807) is 0 Å². The number of benzene rings is 9. The molecule has 0 aromatic heterocycles. The zero-order chi connectivity index (χ0) is 42.8. The van der Waals surface area contributed by atoms with Crippen molar-refractivity contribution in [3.63, 3.8) is 0 Å². The van der Waals surface area contributed by atoms with E-state index in [9.17, 15) is 0 Å². The summed E-state index contributed by atoms with van der Waals surface area (Å²) in [6.07, 6.45) is 3.18. The Morgan fingerprint density at radius 1 is 0.375 bits per heavy atom. The molecule has 0 amide bonds. The Labute approximate surface area is 376 Å². The molecular weight excluding hydrogens is 771 g/mol. The van der Waals surface area contributed by atoms with E-state index in [-0.39, 0.29) is 11.5 Å². The van der Waals surface area contributed by atoms with Gasteiger partial charge < -0.3 is 0 Å². The molecule has 304 valence electrons. The fourth-order valence-corrected chi connectivity index (χ4v) is 11.4. The first-order valence-electron chi connectivity index (χ1n) is 22.6. The lowest BCUT2D eigenvalue weighted by molar-refractivity contribution is 0.563. The molecule has 1 aliphatic heterocycles. The molecule has 0 saturated carbocycles. The lowest BCUT2D eigenvalue weighted by Crippen LogP contribution is -2.40. The van der Waals surface area contributed by atoms with Gasteiger partial charge >= 0.3 is 0 Å². The van der Waals surface area contributed by atoms with Crippen LogP contribution in [0.1, 0.15) is 76.4 Å². The van der Waals surface area contributed by atoms with Gasteiger partial charge in [0.05, 0.1) is 17.2 Å². The average Bonchev–Trinajstić information content (AvgIpc) is 3.67. The number of hydrogen-bond acceptors (Lipinski definition) is 1. The number of dihydropyridines is 1. The van der Waals surface area contributed by atoms with Crippen LogP contribution in [0.25, 0.3) is 50.1 Å². The van der Waals surface area contributed by atoms with Crippen LogP contribution < -0.4 is 0 Å². The fourth-order valence-electron chi connectivity index (χ4n) is 11.4. The Balaban J connectivity index is 1.14. The molecule has 2 aliphatic carbocycles. The first-order valence-corrected chi connectivity index (χ1v) is 22.6. The van der Waals surface area contributed by atoms with Gasteiger partial charge in [0.1, 0.15) is 0 Å². The van der Waals surface area contributed by atoms with Crippen molar-refractivity contribution in [1.29, 1.82) is 0 Å². The highest BCUT2D eigenvalue weighted by Gasteiger charge is 2.54. The molecule has 1 unspecified atom stereocenters. The lowest BCUT2D eigenvalue weighted by Gasteiger charge is -2.46. The van der Waals surface area contributed by atoms with Crippen LogP contribution in [-0.4, -0.2) is 5.71 Å². The molecule has 1 heterocycles. The van der Waals surface area contributed by atoms with Crippen molar-refractivity contribution in [3.05, 3.63) is 281 Å². The first-order chi connectivity index (χ1) is 31.5. The third-order valence-corrected chi connectivity index (χ3v) is 14.3. The van der Waals surface area contributed by atoms with E-state index < -0.39 is 5.41 Å². The molecule has 1 atom stereocenters. The van der Waals surface area contributed by atoms with E-state index in [2.05, 4.69) is 244 Å². The van der Waals surface area contributed by atoms with E-state index in [1.165, 1.54) is 94.6 Å². The van der Waals surface area contributed by atoms with Gasteiger partial charge in [-0.3, -0.25) is 4.99 Å². The maximum atomic E-state index is 5.46. The van der Waals surface area contributed by atoms with Crippen molar-refractivity contribution in [2.45, 2.75) is 37.1 Å². The molecule has 3 aliphatic rings. The van der Waals surface area contributed by atoms with Crippen LogP contribution in [0.3, 0.4) is 0 Å². The minimum atomic E-state index is -0.522. The minimum Gasteiger partial charge on any atom is -0.276 e.